The number of nitrogens with zero attached hydrogens (tertiary/aromatic N) is 4. The van der Waals surface area contributed by atoms with Gasteiger partial charge < -0.3 is 0 Å². The lowest BCUT2D eigenvalue weighted by molar-refractivity contribution is -0.387. The monoisotopic (exact) mass is 284 g/mol. The molecule has 0 spiro atoms. The molecule has 0 saturated heterocycles. The minimum absolute atomic E-state index is 0.293. The maximum Gasteiger partial charge on any atom is 0.304 e. The summed E-state index contributed by atoms with van der Waals surface area (Å²) in [6.07, 6.45) is 1.55. The quantitative estimate of drug-likeness (QED) is 0.533. The van der Waals surface area contributed by atoms with Crippen LogP contribution in [0, 0.1) is 22.9 Å². The summed E-state index contributed by atoms with van der Waals surface area (Å²) in [5.41, 5.74) is 1.92. The highest BCUT2D eigenvalue weighted by Crippen LogP contribution is 2.24. The lowest BCUT2D eigenvalue weighted by atomic mass is 10.2. The van der Waals surface area contributed by atoms with Crippen molar-refractivity contribution >= 4 is 16.7 Å². The van der Waals surface area contributed by atoms with Gasteiger partial charge in [0.05, 0.1) is 16.6 Å². The molecule has 0 radical (unpaired) electrons. The number of fused-ring (bicyclic) bond motifs is 1. The molecule has 104 valence electrons. The molecule has 0 amide bonds. The van der Waals surface area contributed by atoms with Gasteiger partial charge >= 0.3 is 5.69 Å². The number of pyridine rings is 1. The number of nitro benzene ring substituents is 1. The van der Waals surface area contributed by atoms with Crippen LogP contribution in [0.1, 0.15) is 5.69 Å². The Hall–Kier alpha value is -2.96. The fraction of sp³-hybridized carbons (Fsp3) is 0.0714. The highest BCUT2D eigenvalue weighted by molar-refractivity contribution is 5.75. The second-order valence-corrected chi connectivity index (χ2v) is 4.47. The van der Waals surface area contributed by atoms with Gasteiger partial charge in [-0.1, -0.05) is 0 Å². The molecule has 0 unspecified atom stereocenters. The second kappa shape index (κ2) is 4.86. The topological polar surface area (TPSA) is 81.8 Å². The Bertz CT molecular complexity index is 867. The molecule has 0 aliphatic heterocycles. The molecular weight excluding hydrogens is 275 g/mol. The average Bonchev–Trinajstić information content (AvgIpc) is 2.46. The van der Waals surface area contributed by atoms with Gasteiger partial charge in [-0.05, 0) is 31.2 Å². The number of nitro groups is 1. The molecule has 3 rings (SSSR count). The smallest absolute Gasteiger partial charge is 0.258 e. The molecule has 2 heterocycles. The molecule has 0 aliphatic carbocycles. The van der Waals surface area contributed by atoms with Crippen LogP contribution in [0.4, 0.5) is 10.1 Å². The predicted octanol–water partition coefficient (Wildman–Crippen LogP) is 3.05. The Labute approximate surface area is 118 Å². The summed E-state index contributed by atoms with van der Waals surface area (Å²) < 4.78 is 13.6. The zero-order valence-electron chi connectivity index (χ0n) is 10.9. The van der Waals surface area contributed by atoms with Gasteiger partial charge in [0.1, 0.15) is 5.52 Å². The zero-order chi connectivity index (χ0) is 15.0. The lowest BCUT2D eigenvalue weighted by Gasteiger charge is -2.03. The van der Waals surface area contributed by atoms with Gasteiger partial charge in [0, 0.05) is 17.3 Å². The number of hydrogen-bond donors (Lipinski definition) is 0. The third kappa shape index (κ3) is 2.40. The van der Waals surface area contributed by atoms with Crippen LogP contribution in [-0.2, 0) is 0 Å². The van der Waals surface area contributed by atoms with Crippen LogP contribution in [-0.4, -0.2) is 19.9 Å². The van der Waals surface area contributed by atoms with E-state index in [-0.39, 0.29) is 0 Å². The highest BCUT2D eigenvalue weighted by atomic mass is 19.1. The van der Waals surface area contributed by atoms with Crippen LogP contribution in [0.2, 0.25) is 0 Å². The van der Waals surface area contributed by atoms with Crippen LogP contribution in [0.25, 0.3) is 22.4 Å². The van der Waals surface area contributed by atoms with Crippen LogP contribution in [0.15, 0.2) is 36.5 Å². The average molecular weight is 284 g/mol. The maximum absolute atomic E-state index is 13.6. The first kappa shape index (κ1) is 13.0. The number of aromatic nitrogens is 3. The van der Waals surface area contributed by atoms with E-state index in [1.54, 1.807) is 12.3 Å². The minimum Gasteiger partial charge on any atom is -0.258 e. The fourth-order valence-electron chi connectivity index (χ4n) is 1.96. The number of rotatable bonds is 2. The van der Waals surface area contributed by atoms with E-state index >= 15 is 0 Å². The van der Waals surface area contributed by atoms with Crippen molar-refractivity contribution in [2.45, 2.75) is 6.92 Å². The van der Waals surface area contributed by atoms with Gasteiger partial charge in [-0.3, -0.25) is 10.1 Å². The summed E-state index contributed by atoms with van der Waals surface area (Å²) in [5.74, 6) is -0.620. The SMILES string of the molecule is Cc1ccc2nc(-c3ccc([N+](=O)[O-])c(F)c3)ncc2n1. The molecule has 0 saturated carbocycles. The first-order valence-corrected chi connectivity index (χ1v) is 6.09. The van der Waals surface area contributed by atoms with Gasteiger partial charge in [-0.25, -0.2) is 15.0 Å². The summed E-state index contributed by atoms with van der Waals surface area (Å²) in [6.45, 7) is 1.86. The third-order valence-corrected chi connectivity index (χ3v) is 2.98. The van der Waals surface area contributed by atoms with Crippen molar-refractivity contribution in [1.82, 2.24) is 15.0 Å². The van der Waals surface area contributed by atoms with Gasteiger partial charge in [0.2, 0.25) is 5.82 Å². The number of aryl methyl sites for hydroxylation is 1. The van der Waals surface area contributed by atoms with Crippen LogP contribution < -0.4 is 0 Å². The van der Waals surface area contributed by atoms with Crippen molar-refractivity contribution in [2.24, 2.45) is 0 Å². The number of halogens is 1. The van der Waals surface area contributed by atoms with Gasteiger partial charge in [-0.15, -0.1) is 0 Å². The molecule has 6 nitrogen and oxygen atoms in total. The van der Waals surface area contributed by atoms with E-state index in [9.17, 15) is 14.5 Å². The molecule has 0 fully saturated rings. The van der Waals surface area contributed by atoms with Crippen molar-refractivity contribution in [3.63, 3.8) is 0 Å². The second-order valence-electron chi connectivity index (χ2n) is 4.47. The minimum atomic E-state index is -0.914. The van der Waals surface area contributed by atoms with E-state index in [1.807, 2.05) is 13.0 Å². The molecule has 0 N–H and O–H groups in total. The standard InChI is InChI=1S/C14H9FN4O2/c1-8-2-4-11-12(17-8)7-16-14(18-11)9-3-5-13(19(20)21)10(15)6-9/h2-7H,1H3. The van der Waals surface area contributed by atoms with Gasteiger partial charge in [0.25, 0.3) is 0 Å². The zero-order valence-corrected chi connectivity index (χ0v) is 10.9. The van der Waals surface area contributed by atoms with Crippen LogP contribution >= 0.6 is 0 Å². The van der Waals surface area contributed by atoms with E-state index in [4.69, 9.17) is 0 Å². The Balaban J connectivity index is 2.10. The highest BCUT2D eigenvalue weighted by Gasteiger charge is 2.15. The van der Waals surface area contributed by atoms with Crippen molar-refractivity contribution < 1.29 is 9.31 Å². The fourth-order valence-corrected chi connectivity index (χ4v) is 1.96. The van der Waals surface area contributed by atoms with Crippen molar-refractivity contribution in [3.8, 4) is 11.4 Å². The van der Waals surface area contributed by atoms with E-state index in [2.05, 4.69) is 15.0 Å². The molecule has 0 bridgehead atoms. The Morgan fingerprint density at radius 3 is 2.67 bits per heavy atom. The predicted molar refractivity (Wildman–Crippen MR) is 74.1 cm³/mol. The van der Waals surface area contributed by atoms with Crippen molar-refractivity contribution in [2.75, 3.05) is 0 Å². The van der Waals surface area contributed by atoms with Crippen molar-refractivity contribution in [1.29, 1.82) is 0 Å². The van der Waals surface area contributed by atoms with Gasteiger partial charge in [-0.2, -0.15) is 4.39 Å². The number of hydrogen-bond acceptors (Lipinski definition) is 5. The Kier molecular flexibility index (Phi) is 3.02. The summed E-state index contributed by atoms with van der Waals surface area (Å²) >= 11 is 0. The van der Waals surface area contributed by atoms with Gasteiger partial charge in [0.15, 0.2) is 5.82 Å². The summed E-state index contributed by atoms with van der Waals surface area (Å²) in [6, 6.07) is 7.19. The summed E-state index contributed by atoms with van der Waals surface area (Å²) in [5, 5.41) is 10.6. The van der Waals surface area contributed by atoms with E-state index in [0.717, 1.165) is 17.8 Å². The van der Waals surface area contributed by atoms with E-state index < -0.39 is 16.4 Å². The molecule has 2 aromatic heterocycles. The molecule has 0 aliphatic rings. The lowest BCUT2D eigenvalue weighted by Crippen LogP contribution is -1.95. The van der Waals surface area contributed by atoms with E-state index in [1.165, 1.54) is 6.07 Å². The van der Waals surface area contributed by atoms with Crippen LogP contribution in [0.3, 0.4) is 0 Å². The first-order valence-electron chi connectivity index (χ1n) is 6.09. The van der Waals surface area contributed by atoms with Crippen LogP contribution in [0.5, 0.6) is 0 Å². The number of benzene rings is 1. The third-order valence-electron chi connectivity index (χ3n) is 2.98. The molecule has 7 heteroatoms. The maximum atomic E-state index is 13.6. The van der Waals surface area contributed by atoms with E-state index in [0.29, 0.717) is 22.4 Å². The molecule has 21 heavy (non-hydrogen) atoms. The Morgan fingerprint density at radius 1 is 1.14 bits per heavy atom. The molecule has 0 atom stereocenters. The molecule has 1 aromatic carbocycles. The van der Waals surface area contributed by atoms with Crippen molar-refractivity contribution in [3.05, 3.63) is 58.2 Å². The normalized spacial score (nSPS) is 10.8. The largest absolute Gasteiger partial charge is 0.304 e. The first-order chi connectivity index (χ1) is 10.0. The molecular formula is C14H9FN4O2. The molecule has 3 aromatic rings. The Morgan fingerprint density at radius 2 is 1.95 bits per heavy atom. The summed E-state index contributed by atoms with van der Waals surface area (Å²) in [7, 11) is 0. The summed E-state index contributed by atoms with van der Waals surface area (Å²) in [4.78, 5) is 22.5.